The number of hydrogen-bond acceptors (Lipinski definition) is 2. The normalized spacial score (nSPS) is 19.7. The molecule has 1 heterocycles. The molecule has 3 heteroatoms. The molecule has 2 N–H and O–H groups in total. The smallest absolute Gasteiger partial charge is 0.223 e. The molecule has 1 aliphatic heterocycles. The number of rotatable bonds is 4. The molecule has 1 aliphatic rings. The second-order valence-electron chi connectivity index (χ2n) is 6.17. The summed E-state index contributed by atoms with van der Waals surface area (Å²) in [6.07, 6.45) is 3.39. The third-order valence-corrected chi connectivity index (χ3v) is 4.31. The number of hydrogen-bond donors (Lipinski definition) is 2. The van der Waals surface area contributed by atoms with E-state index in [1.54, 1.807) is 0 Å². The van der Waals surface area contributed by atoms with Gasteiger partial charge < -0.3 is 10.6 Å². The Bertz CT molecular complexity index is 456. The molecule has 0 saturated heterocycles. The van der Waals surface area contributed by atoms with E-state index in [1.807, 2.05) is 6.92 Å². The van der Waals surface area contributed by atoms with E-state index in [-0.39, 0.29) is 11.8 Å². The first-order valence-corrected chi connectivity index (χ1v) is 7.70. The number of amides is 1. The zero-order valence-corrected chi connectivity index (χ0v) is 12.8. The van der Waals surface area contributed by atoms with Crippen molar-refractivity contribution in [2.24, 2.45) is 11.8 Å². The van der Waals surface area contributed by atoms with E-state index in [2.05, 4.69) is 48.7 Å². The van der Waals surface area contributed by atoms with Crippen molar-refractivity contribution in [3.63, 3.8) is 0 Å². The summed E-state index contributed by atoms with van der Waals surface area (Å²) in [5.74, 6) is 0.630. The van der Waals surface area contributed by atoms with Gasteiger partial charge in [-0.25, -0.2) is 0 Å². The van der Waals surface area contributed by atoms with E-state index >= 15 is 0 Å². The zero-order chi connectivity index (χ0) is 14.5. The molecule has 1 aromatic rings. The first-order valence-electron chi connectivity index (χ1n) is 7.70. The third kappa shape index (κ3) is 3.75. The van der Waals surface area contributed by atoms with Gasteiger partial charge in [0.05, 0.1) is 0 Å². The van der Waals surface area contributed by atoms with Crippen molar-refractivity contribution in [1.82, 2.24) is 5.32 Å². The SMILES string of the molecule is CC(C)C(C)C(=O)NCC1CCCc2ccccc2N1. The van der Waals surface area contributed by atoms with Gasteiger partial charge in [-0.1, -0.05) is 39.0 Å². The van der Waals surface area contributed by atoms with Crippen LogP contribution in [-0.2, 0) is 11.2 Å². The van der Waals surface area contributed by atoms with Crippen molar-refractivity contribution in [3.05, 3.63) is 29.8 Å². The molecule has 2 unspecified atom stereocenters. The summed E-state index contributed by atoms with van der Waals surface area (Å²) in [6.45, 7) is 6.88. The summed E-state index contributed by atoms with van der Waals surface area (Å²) in [5.41, 5.74) is 2.61. The monoisotopic (exact) mass is 274 g/mol. The fourth-order valence-corrected chi connectivity index (χ4v) is 2.55. The molecule has 1 aromatic carbocycles. The molecular weight excluding hydrogens is 248 g/mol. The minimum atomic E-state index is 0.0769. The van der Waals surface area contributed by atoms with Crippen LogP contribution in [0.5, 0.6) is 0 Å². The predicted molar refractivity (Wildman–Crippen MR) is 83.8 cm³/mol. The molecule has 1 amide bonds. The highest BCUT2D eigenvalue weighted by Gasteiger charge is 2.19. The summed E-state index contributed by atoms with van der Waals surface area (Å²) >= 11 is 0. The number of carbonyl (C=O) groups is 1. The molecule has 0 aliphatic carbocycles. The first kappa shape index (κ1) is 14.9. The Kier molecular flexibility index (Phi) is 5.05. The van der Waals surface area contributed by atoms with Crippen LogP contribution in [0.15, 0.2) is 24.3 Å². The molecule has 2 atom stereocenters. The van der Waals surface area contributed by atoms with Crippen molar-refractivity contribution in [1.29, 1.82) is 0 Å². The lowest BCUT2D eigenvalue weighted by Gasteiger charge is -2.21. The average molecular weight is 274 g/mol. The van der Waals surface area contributed by atoms with Crippen molar-refractivity contribution in [3.8, 4) is 0 Å². The summed E-state index contributed by atoms with van der Waals surface area (Å²) in [4.78, 5) is 12.0. The first-order chi connectivity index (χ1) is 9.58. The molecule has 0 fully saturated rings. The van der Waals surface area contributed by atoms with Gasteiger partial charge in [0, 0.05) is 24.2 Å². The van der Waals surface area contributed by atoms with Crippen LogP contribution in [0.2, 0.25) is 0 Å². The van der Waals surface area contributed by atoms with E-state index in [4.69, 9.17) is 0 Å². The maximum atomic E-state index is 12.0. The van der Waals surface area contributed by atoms with Crippen molar-refractivity contribution in [2.75, 3.05) is 11.9 Å². The standard InChI is InChI=1S/C17H26N2O/c1-12(2)13(3)17(20)18-11-15-9-6-8-14-7-4-5-10-16(14)19-15/h4-5,7,10,12-13,15,19H,6,8-9,11H2,1-3H3,(H,18,20). The van der Waals surface area contributed by atoms with Crippen LogP contribution in [0, 0.1) is 11.8 Å². The Morgan fingerprint density at radius 2 is 2.10 bits per heavy atom. The quantitative estimate of drug-likeness (QED) is 0.885. The molecule has 0 saturated carbocycles. The van der Waals surface area contributed by atoms with Crippen molar-refractivity contribution >= 4 is 11.6 Å². The Hall–Kier alpha value is -1.51. The van der Waals surface area contributed by atoms with Crippen molar-refractivity contribution < 1.29 is 4.79 Å². The summed E-state index contributed by atoms with van der Waals surface area (Å²) in [6, 6.07) is 8.80. The van der Waals surface area contributed by atoms with Crippen LogP contribution in [0.25, 0.3) is 0 Å². The van der Waals surface area contributed by atoms with Crippen LogP contribution in [0.3, 0.4) is 0 Å². The van der Waals surface area contributed by atoms with Gasteiger partial charge in [-0.2, -0.15) is 0 Å². The van der Waals surface area contributed by atoms with Gasteiger partial charge in [0.2, 0.25) is 5.91 Å². The van der Waals surface area contributed by atoms with E-state index in [0.717, 1.165) is 12.8 Å². The maximum Gasteiger partial charge on any atom is 0.223 e. The Morgan fingerprint density at radius 3 is 2.85 bits per heavy atom. The second kappa shape index (κ2) is 6.78. The van der Waals surface area contributed by atoms with Crippen LogP contribution in [0.1, 0.15) is 39.2 Å². The number of carbonyl (C=O) groups excluding carboxylic acids is 1. The maximum absolute atomic E-state index is 12.0. The molecule has 0 radical (unpaired) electrons. The molecule has 0 bridgehead atoms. The van der Waals surface area contributed by atoms with Crippen LogP contribution < -0.4 is 10.6 Å². The largest absolute Gasteiger partial charge is 0.380 e. The molecule has 2 rings (SSSR count). The minimum Gasteiger partial charge on any atom is -0.380 e. The number of fused-ring (bicyclic) bond motifs is 1. The molecule has 0 aromatic heterocycles. The highest BCUT2D eigenvalue weighted by Crippen LogP contribution is 2.23. The fourth-order valence-electron chi connectivity index (χ4n) is 2.55. The predicted octanol–water partition coefficient (Wildman–Crippen LogP) is 3.21. The second-order valence-corrected chi connectivity index (χ2v) is 6.17. The van der Waals surface area contributed by atoms with Crippen LogP contribution in [0.4, 0.5) is 5.69 Å². The average Bonchev–Trinajstić information content (AvgIpc) is 2.65. The number of anilines is 1. The Morgan fingerprint density at radius 1 is 1.35 bits per heavy atom. The van der Waals surface area contributed by atoms with Crippen molar-refractivity contribution in [2.45, 2.75) is 46.1 Å². The molecule has 3 nitrogen and oxygen atoms in total. The summed E-state index contributed by atoms with van der Waals surface area (Å²) in [7, 11) is 0. The lowest BCUT2D eigenvalue weighted by Crippen LogP contribution is -2.39. The van der Waals surface area contributed by atoms with Gasteiger partial charge >= 0.3 is 0 Å². The van der Waals surface area contributed by atoms with Gasteiger partial charge in [0.25, 0.3) is 0 Å². The van der Waals surface area contributed by atoms with Gasteiger partial charge in [-0.15, -0.1) is 0 Å². The summed E-state index contributed by atoms with van der Waals surface area (Å²) < 4.78 is 0. The lowest BCUT2D eigenvalue weighted by molar-refractivity contribution is -0.125. The highest BCUT2D eigenvalue weighted by molar-refractivity contribution is 5.78. The highest BCUT2D eigenvalue weighted by atomic mass is 16.1. The zero-order valence-electron chi connectivity index (χ0n) is 12.8. The number of aryl methyl sites for hydroxylation is 1. The van der Waals surface area contributed by atoms with Crippen LogP contribution in [-0.4, -0.2) is 18.5 Å². The van der Waals surface area contributed by atoms with Gasteiger partial charge in [-0.05, 0) is 36.8 Å². The van der Waals surface area contributed by atoms with Gasteiger partial charge in [0.1, 0.15) is 0 Å². The Balaban J connectivity index is 1.90. The number of para-hydroxylation sites is 1. The molecular formula is C17H26N2O. The fraction of sp³-hybridized carbons (Fsp3) is 0.588. The third-order valence-electron chi connectivity index (χ3n) is 4.31. The minimum absolute atomic E-state index is 0.0769. The lowest BCUT2D eigenvalue weighted by atomic mass is 9.97. The van der Waals surface area contributed by atoms with E-state index < -0.39 is 0 Å². The van der Waals surface area contributed by atoms with Gasteiger partial charge in [0.15, 0.2) is 0 Å². The van der Waals surface area contributed by atoms with E-state index in [9.17, 15) is 4.79 Å². The van der Waals surface area contributed by atoms with E-state index in [0.29, 0.717) is 18.5 Å². The molecule has 0 spiro atoms. The van der Waals surface area contributed by atoms with E-state index in [1.165, 1.54) is 17.7 Å². The van der Waals surface area contributed by atoms with Gasteiger partial charge in [-0.3, -0.25) is 4.79 Å². The Labute approximate surface area is 122 Å². The topological polar surface area (TPSA) is 41.1 Å². The molecule has 110 valence electrons. The molecule has 20 heavy (non-hydrogen) atoms. The summed E-state index contributed by atoms with van der Waals surface area (Å²) in [5, 5.41) is 6.66. The van der Waals surface area contributed by atoms with Crippen LogP contribution >= 0.6 is 0 Å². The number of benzene rings is 1. The number of nitrogens with one attached hydrogen (secondary N) is 2.